The molecule has 5 nitrogen and oxygen atoms in total. The number of guanidine groups is 1. The summed E-state index contributed by atoms with van der Waals surface area (Å²) < 4.78 is 0. The zero-order valence-corrected chi connectivity index (χ0v) is 10.6. The first-order valence-corrected chi connectivity index (χ1v) is 6.09. The highest BCUT2D eigenvalue weighted by atomic mass is 15.2. The number of rotatable bonds is 4. The van der Waals surface area contributed by atoms with Gasteiger partial charge in [0.1, 0.15) is 0 Å². The maximum atomic E-state index is 5.55. The molecule has 1 fully saturated rings. The van der Waals surface area contributed by atoms with E-state index in [9.17, 15) is 0 Å². The van der Waals surface area contributed by atoms with Crippen LogP contribution in [0.3, 0.4) is 0 Å². The van der Waals surface area contributed by atoms with Gasteiger partial charge in [0, 0.05) is 26.7 Å². The summed E-state index contributed by atoms with van der Waals surface area (Å²) in [6.45, 7) is 6.89. The van der Waals surface area contributed by atoms with Gasteiger partial charge < -0.3 is 20.9 Å². The summed E-state index contributed by atoms with van der Waals surface area (Å²) in [7, 11) is 3.90. The van der Waals surface area contributed by atoms with Crippen molar-refractivity contribution in [2.24, 2.45) is 10.7 Å². The average molecular weight is 227 g/mol. The van der Waals surface area contributed by atoms with Crippen LogP contribution in [0.4, 0.5) is 0 Å². The monoisotopic (exact) mass is 227 g/mol. The molecule has 0 saturated carbocycles. The van der Waals surface area contributed by atoms with Gasteiger partial charge in [0.2, 0.25) is 0 Å². The van der Waals surface area contributed by atoms with E-state index in [0.29, 0.717) is 5.96 Å². The molecule has 0 bridgehead atoms. The Balaban J connectivity index is 2.08. The second-order valence-corrected chi connectivity index (χ2v) is 4.39. The predicted octanol–water partition coefficient (Wildman–Crippen LogP) is -0.452. The fraction of sp³-hybridized carbons (Fsp3) is 0.909. The number of hydrogen-bond donors (Lipinski definition) is 2. The van der Waals surface area contributed by atoms with Crippen molar-refractivity contribution in [3.8, 4) is 0 Å². The SMILES string of the molecule is CN=C(N)NCCCN1CCCN(C)CC1. The minimum absolute atomic E-state index is 0.538. The molecule has 0 spiro atoms. The molecular weight excluding hydrogens is 202 g/mol. The van der Waals surface area contributed by atoms with E-state index in [1.54, 1.807) is 7.05 Å². The van der Waals surface area contributed by atoms with Crippen molar-refractivity contribution < 1.29 is 0 Å². The first-order valence-electron chi connectivity index (χ1n) is 6.09. The van der Waals surface area contributed by atoms with E-state index >= 15 is 0 Å². The third-order valence-corrected chi connectivity index (χ3v) is 3.01. The Kier molecular flexibility index (Phi) is 6.18. The lowest BCUT2D eigenvalue weighted by Crippen LogP contribution is -2.35. The summed E-state index contributed by atoms with van der Waals surface area (Å²) >= 11 is 0. The molecular formula is C11H25N5. The molecule has 1 aliphatic heterocycles. The Morgan fingerprint density at radius 1 is 1.31 bits per heavy atom. The summed E-state index contributed by atoms with van der Waals surface area (Å²) in [5.74, 6) is 0.538. The van der Waals surface area contributed by atoms with E-state index in [0.717, 1.165) is 19.5 Å². The zero-order chi connectivity index (χ0) is 11.8. The first kappa shape index (κ1) is 13.3. The summed E-state index contributed by atoms with van der Waals surface area (Å²) in [5, 5.41) is 3.09. The van der Waals surface area contributed by atoms with Gasteiger partial charge in [0.05, 0.1) is 0 Å². The number of likely N-dealkylation sites (N-methyl/N-ethyl adjacent to an activating group) is 1. The summed E-state index contributed by atoms with van der Waals surface area (Å²) in [4.78, 5) is 8.80. The van der Waals surface area contributed by atoms with Gasteiger partial charge in [0.25, 0.3) is 0 Å². The molecule has 0 unspecified atom stereocenters. The van der Waals surface area contributed by atoms with Crippen molar-refractivity contribution in [1.29, 1.82) is 0 Å². The molecule has 0 radical (unpaired) electrons. The molecule has 0 aromatic heterocycles. The summed E-state index contributed by atoms with van der Waals surface area (Å²) in [5.41, 5.74) is 5.55. The van der Waals surface area contributed by atoms with Gasteiger partial charge >= 0.3 is 0 Å². The van der Waals surface area contributed by atoms with Crippen LogP contribution in [0.1, 0.15) is 12.8 Å². The average Bonchev–Trinajstić information content (AvgIpc) is 2.49. The second kappa shape index (κ2) is 7.46. The van der Waals surface area contributed by atoms with Gasteiger partial charge in [0.15, 0.2) is 5.96 Å². The highest BCUT2D eigenvalue weighted by Crippen LogP contribution is 2.01. The number of hydrogen-bond acceptors (Lipinski definition) is 3. The highest BCUT2D eigenvalue weighted by Gasteiger charge is 2.10. The van der Waals surface area contributed by atoms with Crippen molar-refractivity contribution >= 4 is 5.96 Å². The molecule has 1 heterocycles. The molecule has 0 amide bonds. The van der Waals surface area contributed by atoms with Crippen LogP contribution < -0.4 is 11.1 Å². The van der Waals surface area contributed by atoms with Crippen LogP contribution in [0.15, 0.2) is 4.99 Å². The fourth-order valence-corrected chi connectivity index (χ4v) is 1.92. The largest absolute Gasteiger partial charge is 0.370 e. The standard InChI is InChI=1S/C11H25N5/c1-13-11(12)14-5-3-7-16-8-4-6-15(2)9-10-16/h3-10H2,1-2H3,(H3,12,13,14). The van der Waals surface area contributed by atoms with Crippen LogP contribution in [0.5, 0.6) is 0 Å². The lowest BCUT2D eigenvalue weighted by atomic mass is 10.3. The lowest BCUT2D eigenvalue weighted by Gasteiger charge is -2.19. The first-order chi connectivity index (χ1) is 7.72. The van der Waals surface area contributed by atoms with Crippen molar-refractivity contribution in [3.05, 3.63) is 0 Å². The third-order valence-electron chi connectivity index (χ3n) is 3.01. The quantitative estimate of drug-likeness (QED) is 0.388. The van der Waals surface area contributed by atoms with Crippen LogP contribution in [-0.2, 0) is 0 Å². The van der Waals surface area contributed by atoms with Crippen molar-refractivity contribution in [3.63, 3.8) is 0 Å². The topological polar surface area (TPSA) is 56.9 Å². The van der Waals surface area contributed by atoms with Crippen molar-refractivity contribution in [2.45, 2.75) is 12.8 Å². The Morgan fingerprint density at radius 3 is 2.88 bits per heavy atom. The van der Waals surface area contributed by atoms with Crippen LogP contribution in [0.2, 0.25) is 0 Å². The Labute approximate surface area is 98.7 Å². The molecule has 16 heavy (non-hydrogen) atoms. The number of nitrogens with one attached hydrogen (secondary N) is 1. The molecule has 94 valence electrons. The van der Waals surface area contributed by atoms with E-state index in [1.807, 2.05) is 0 Å². The summed E-state index contributed by atoms with van der Waals surface area (Å²) in [6.07, 6.45) is 2.41. The predicted molar refractivity (Wildman–Crippen MR) is 68.7 cm³/mol. The number of nitrogens with two attached hydrogens (primary N) is 1. The molecule has 3 N–H and O–H groups in total. The number of aliphatic imine (C=N–C) groups is 1. The van der Waals surface area contributed by atoms with Crippen molar-refractivity contribution in [2.75, 3.05) is 53.4 Å². The van der Waals surface area contributed by atoms with Gasteiger partial charge in [-0.25, -0.2) is 0 Å². The summed E-state index contributed by atoms with van der Waals surface area (Å²) in [6, 6.07) is 0. The van der Waals surface area contributed by atoms with Crippen LogP contribution >= 0.6 is 0 Å². The van der Waals surface area contributed by atoms with Gasteiger partial charge in [-0.3, -0.25) is 4.99 Å². The van der Waals surface area contributed by atoms with Crippen molar-refractivity contribution in [1.82, 2.24) is 15.1 Å². The lowest BCUT2D eigenvalue weighted by molar-refractivity contribution is 0.274. The Hall–Kier alpha value is -0.810. The van der Waals surface area contributed by atoms with E-state index in [2.05, 4.69) is 27.2 Å². The smallest absolute Gasteiger partial charge is 0.188 e. The van der Waals surface area contributed by atoms with E-state index in [4.69, 9.17) is 5.73 Å². The molecule has 0 aromatic carbocycles. The second-order valence-electron chi connectivity index (χ2n) is 4.39. The molecule has 5 heteroatoms. The zero-order valence-electron chi connectivity index (χ0n) is 10.6. The van der Waals surface area contributed by atoms with Gasteiger partial charge in [-0.15, -0.1) is 0 Å². The van der Waals surface area contributed by atoms with Gasteiger partial charge in [-0.05, 0) is 39.5 Å². The molecule has 1 aliphatic rings. The normalized spacial score (nSPS) is 20.8. The Bertz CT molecular complexity index is 216. The molecule has 0 aliphatic carbocycles. The minimum Gasteiger partial charge on any atom is -0.370 e. The highest BCUT2D eigenvalue weighted by molar-refractivity contribution is 5.77. The maximum absolute atomic E-state index is 5.55. The van der Waals surface area contributed by atoms with Crippen LogP contribution in [-0.4, -0.2) is 69.1 Å². The van der Waals surface area contributed by atoms with Gasteiger partial charge in [-0.2, -0.15) is 0 Å². The van der Waals surface area contributed by atoms with Gasteiger partial charge in [-0.1, -0.05) is 0 Å². The third kappa shape index (κ3) is 5.32. The Morgan fingerprint density at radius 2 is 2.12 bits per heavy atom. The molecule has 0 atom stereocenters. The van der Waals surface area contributed by atoms with E-state index in [-0.39, 0.29) is 0 Å². The van der Waals surface area contributed by atoms with E-state index < -0.39 is 0 Å². The fourth-order valence-electron chi connectivity index (χ4n) is 1.92. The minimum atomic E-state index is 0.538. The molecule has 0 aromatic rings. The van der Waals surface area contributed by atoms with Crippen LogP contribution in [0, 0.1) is 0 Å². The van der Waals surface area contributed by atoms with E-state index in [1.165, 1.54) is 32.6 Å². The molecule has 1 rings (SSSR count). The maximum Gasteiger partial charge on any atom is 0.188 e. The molecule has 1 saturated heterocycles. The van der Waals surface area contributed by atoms with Crippen LogP contribution in [0.25, 0.3) is 0 Å². The number of nitrogens with zero attached hydrogens (tertiary/aromatic N) is 3.